The van der Waals surface area contributed by atoms with Crippen LogP contribution < -0.4 is 14.9 Å². The summed E-state index contributed by atoms with van der Waals surface area (Å²) in [7, 11) is -4.27. The largest absolute Gasteiger partial charge is 0.462 e. The zero-order valence-corrected chi connectivity index (χ0v) is 25.5. The van der Waals surface area contributed by atoms with Gasteiger partial charge in [-0.2, -0.15) is 5.09 Å². The lowest BCUT2D eigenvalue weighted by Crippen LogP contribution is -2.41. The quantitative estimate of drug-likeness (QED) is 0.200. The summed E-state index contributed by atoms with van der Waals surface area (Å²) >= 11 is 0. The molecule has 0 unspecified atom stereocenters. The van der Waals surface area contributed by atoms with Gasteiger partial charge in [-0.3, -0.25) is 13.9 Å². The molecule has 1 fully saturated rings. The van der Waals surface area contributed by atoms with Gasteiger partial charge >= 0.3 is 13.7 Å². The number of fused-ring (bicyclic) bond motifs is 1. The van der Waals surface area contributed by atoms with Crippen molar-refractivity contribution in [3.05, 3.63) is 42.5 Å². The Balaban J connectivity index is 1.57. The molecule has 0 saturated carbocycles. The molecular weight excluding hydrogens is 570 g/mol. The number of rotatable bonds is 12. The Morgan fingerprint density at radius 3 is 2.55 bits per heavy atom. The van der Waals surface area contributed by atoms with Crippen LogP contribution in [0, 0.1) is 6.92 Å². The summed E-state index contributed by atoms with van der Waals surface area (Å²) in [6, 6.07) is 7.17. The summed E-state index contributed by atoms with van der Waals surface area (Å²) in [5, 5.41) is 16.7. The van der Waals surface area contributed by atoms with Gasteiger partial charge in [-0.1, -0.05) is 18.2 Å². The van der Waals surface area contributed by atoms with Crippen LogP contribution in [0.15, 0.2) is 36.7 Å². The predicted octanol–water partition coefficient (Wildman–Crippen LogP) is 4.07. The van der Waals surface area contributed by atoms with Gasteiger partial charge in [0.25, 0.3) is 0 Å². The summed E-state index contributed by atoms with van der Waals surface area (Å²) in [6.07, 6.45) is -3.34. The number of nitrogens with one attached hydrogen (secondary N) is 2. The lowest BCUT2D eigenvalue weighted by atomic mass is 9.98. The number of halogens is 1. The number of aryl methyl sites for hydroxylation is 1. The first kappa shape index (κ1) is 31.8. The maximum absolute atomic E-state index is 16.1. The molecule has 0 bridgehead atoms. The molecule has 15 heteroatoms. The fourth-order valence-electron chi connectivity index (χ4n) is 4.43. The van der Waals surface area contributed by atoms with E-state index in [-0.39, 0.29) is 11.8 Å². The second-order valence-electron chi connectivity index (χ2n) is 10.9. The fourth-order valence-corrected chi connectivity index (χ4v) is 5.93. The molecular formula is C27H38FN6O7P. The molecule has 0 radical (unpaired) electrons. The van der Waals surface area contributed by atoms with Crippen molar-refractivity contribution in [2.24, 2.45) is 0 Å². The van der Waals surface area contributed by atoms with Gasteiger partial charge in [0.1, 0.15) is 29.8 Å². The lowest BCUT2D eigenvalue weighted by molar-refractivity contribution is -0.149. The molecule has 2 aromatic heterocycles. The number of carbonyl (C=O) groups is 1. The zero-order valence-electron chi connectivity index (χ0n) is 24.6. The number of aromatic nitrogens is 4. The minimum Gasteiger partial charge on any atom is -0.462 e. The number of hydrogen-bond donors (Lipinski definition) is 3. The van der Waals surface area contributed by atoms with Gasteiger partial charge in [0.15, 0.2) is 28.9 Å². The number of anilines is 1. The third-order valence-corrected chi connectivity index (χ3v) is 8.01. The summed E-state index contributed by atoms with van der Waals surface area (Å²) in [4.78, 5) is 25.6. The molecule has 6 atom stereocenters. The van der Waals surface area contributed by atoms with Gasteiger partial charge in [0.2, 0.25) is 0 Å². The van der Waals surface area contributed by atoms with Crippen molar-refractivity contribution in [1.29, 1.82) is 0 Å². The van der Waals surface area contributed by atoms with Crippen LogP contribution in [0.5, 0.6) is 5.75 Å². The minimum absolute atomic E-state index is 0.0579. The molecule has 1 aliphatic heterocycles. The highest BCUT2D eigenvalue weighted by molar-refractivity contribution is 7.52. The van der Waals surface area contributed by atoms with E-state index in [2.05, 4.69) is 25.4 Å². The third kappa shape index (κ3) is 7.07. The predicted molar refractivity (Wildman–Crippen MR) is 153 cm³/mol. The second-order valence-corrected chi connectivity index (χ2v) is 12.6. The van der Waals surface area contributed by atoms with Gasteiger partial charge in [-0.05, 0) is 60.6 Å². The van der Waals surface area contributed by atoms with Crippen LogP contribution in [0.4, 0.5) is 10.2 Å². The lowest BCUT2D eigenvalue weighted by Gasteiger charge is -2.25. The molecule has 230 valence electrons. The number of carbonyl (C=O) groups excluding carboxylic acids is 1. The van der Waals surface area contributed by atoms with Crippen molar-refractivity contribution in [3.63, 3.8) is 0 Å². The highest BCUT2D eigenvalue weighted by Crippen LogP contribution is 2.48. The van der Waals surface area contributed by atoms with E-state index in [1.165, 1.54) is 24.7 Å². The number of hydrogen-bond acceptors (Lipinski definition) is 11. The molecule has 1 aromatic carbocycles. The minimum atomic E-state index is -4.27. The van der Waals surface area contributed by atoms with Gasteiger partial charge in [0, 0.05) is 6.04 Å². The Morgan fingerprint density at radius 1 is 1.21 bits per heavy atom. The number of imidazole rings is 1. The molecule has 1 aliphatic rings. The van der Waals surface area contributed by atoms with Crippen molar-refractivity contribution in [3.8, 4) is 5.75 Å². The van der Waals surface area contributed by atoms with Gasteiger partial charge in [0.05, 0.1) is 19.0 Å². The highest BCUT2D eigenvalue weighted by atomic mass is 31.2. The first-order valence-electron chi connectivity index (χ1n) is 13.7. The molecule has 13 nitrogen and oxygen atoms in total. The van der Waals surface area contributed by atoms with Crippen LogP contribution in [0.25, 0.3) is 11.2 Å². The Hall–Kier alpha value is -3.16. The van der Waals surface area contributed by atoms with Crippen LogP contribution in [0.2, 0.25) is 0 Å². The van der Waals surface area contributed by atoms with E-state index in [0.29, 0.717) is 22.8 Å². The molecule has 42 heavy (non-hydrogen) atoms. The Labute approximate surface area is 243 Å². The van der Waals surface area contributed by atoms with Crippen LogP contribution in [0.1, 0.15) is 53.6 Å². The van der Waals surface area contributed by atoms with E-state index in [4.69, 9.17) is 18.5 Å². The van der Waals surface area contributed by atoms with Crippen molar-refractivity contribution < 1.29 is 37.4 Å². The SMILES string of the molecule is Cc1nc(NC(C)C)c2ncn([C@@H]3O[C@H](CO[P@](=O)(N[C@@H](C)C(=O)OC(C)C)Oc4ccccc4)[C@@H](O)[C@@]3(C)F)c2n1. The van der Waals surface area contributed by atoms with Crippen molar-refractivity contribution in [2.45, 2.75) is 90.8 Å². The Morgan fingerprint density at radius 2 is 1.90 bits per heavy atom. The molecule has 3 aromatic rings. The zero-order chi connectivity index (χ0) is 30.8. The summed E-state index contributed by atoms with van der Waals surface area (Å²) in [5.74, 6) is 0.446. The van der Waals surface area contributed by atoms with Crippen molar-refractivity contribution >= 4 is 30.7 Å². The maximum atomic E-state index is 16.1. The van der Waals surface area contributed by atoms with Crippen LogP contribution in [-0.2, 0) is 23.4 Å². The highest BCUT2D eigenvalue weighted by Gasteiger charge is 2.56. The van der Waals surface area contributed by atoms with Crippen LogP contribution >= 0.6 is 7.75 Å². The van der Waals surface area contributed by atoms with E-state index in [9.17, 15) is 14.5 Å². The standard InChI is InChI=1S/C27H38FN6O7P/c1-15(2)30-23-21-24(32-18(6)31-23)34(14-29-21)26-27(7,28)22(35)20(40-26)13-38-42(37,41-19-11-9-8-10-12-19)33-17(5)25(36)39-16(3)4/h8-12,14-17,20,22,26,35H,13H2,1-7H3,(H,33,37)(H,30,31,32)/t17-,20+,22+,26+,27+,42+/m0/s1. The smallest absolute Gasteiger partial charge is 0.459 e. The molecule has 0 amide bonds. The number of para-hydroxylation sites is 1. The Kier molecular flexibility index (Phi) is 9.53. The van der Waals surface area contributed by atoms with E-state index in [1.54, 1.807) is 51.1 Å². The summed E-state index contributed by atoms with van der Waals surface area (Å²) in [6.45, 7) is 11.1. The monoisotopic (exact) mass is 608 g/mol. The van der Waals surface area contributed by atoms with E-state index in [0.717, 1.165) is 0 Å². The summed E-state index contributed by atoms with van der Waals surface area (Å²) < 4.78 is 53.7. The molecule has 3 heterocycles. The number of aliphatic hydroxyl groups excluding tert-OH is 1. The molecule has 3 N–H and O–H groups in total. The van der Waals surface area contributed by atoms with E-state index in [1.807, 2.05) is 13.8 Å². The van der Waals surface area contributed by atoms with E-state index < -0.39 is 56.6 Å². The summed E-state index contributed by atoms with van der Waals surface area (Å²) in [5.41, 5.74) is -1.60. The molecule has 1 saturated heterocycles. The first-order chi connectivity index (χ1) is 19.7. The average Bonchev–Trinajstić information content (AvgIpc) is 3.40. The van der Waals surface area contributed by atoms with E-state index >= 15 is 4.39 Å². The second kappa shape index (κ2) is 12.6. The van der Waals surface area contributed by atoms with Gasteiger partial charge in [-0.15, -0.1) is 0 Å². The molecule has 0 spiro atoms. The molecule has 4 rings (SSSR count). The fraction of sp³-hybridized carbons (Fsp3) is 0.556. The van der Waals surface area contributed by atoms with Crippen molar-refractivity contribution in [1.82, 2.24) is 24.6 Å². The topological polar surface area (TPSA) is 159 Å². The normalized spacial score (nSPS) is 24.6. The Bertz CT molecular complexity index is 1440. The number of aliphatic hydroxyl groups is 1. The first-order valence-corrected chi connectivity index (χ1v) is 15.2. The van der Waals surface area contributed by atoms with Gasteiger partial charge in [-0.25, -0.2) is 23.9 Å². The average molecular weight is 609 g/mol. The number of nitrogens with zero attached hydrogens (tertiary/aromatic N) is 4. The van der Waals surface area contributed by atoms with Gasteiger partial charge < -0.3 is 24.4 Å². The van der Waals surface area contributed by atoms with Crippen molar-refractivity contribution in [2.75, 3.05) is 11.9 Å². The third-order valence-electron chi connectivity index (χ3n) is 6.36. The number of ether oxygens (including phenoxy) is 2. The maximum Gasteiger partial charge on any atom is 0.459 e. The number of benzene rings is 1. The van der Waals surface area contributed by atoms with Crippen LogP contribution in [0.3, 0.4) is 0 Å². The van der Waals surface area contributed by atoms with Crippen LogP contribution in [-0.4, -0.2) is 73.3 Å². The molecule has 0 aliphatic carbocycles. The number of esters is 1. The number of alkyl halides is 1.